The van der Waals surface area contributed by atoms with E-state index in [1.165, 1.54) is 11.8 Å². The van der Waals surface area contributed by atoms with Gasteiger partial charge in [-0.3, -0.25) is 4.68 Å². The third-order valence-corrected chi connectivity index (χ3v) is 3.98. The van der Waals surface area contributed by atoms with Gasteiger partial charge in [-0.05, 0) is 30.8 Å². The second kappa shape index (κ2) is 5.36. The lowest BCUT2D eigenvalue weighted by atomic mass is 10.4. The number of aryl methyl sites for hydroxylation is 2. The summed E-state index contributed by atoms with van der Waals surface area (Å²) in [4.78, 5) is 4.26. The second-order valence-corrected chi connectivity index (χ2v) is 5.42. The van der Waals surface area contributed by atoms with Crippen LogP contribution in [0.3, 0.4) is 0 Å². The van der Waals surface area contributed by atoms with Gasteiger partial charge in [-0.15, -0.1) is 0 Å². The molecule has 0 atom stereocenters. The minimum Gasteiger partial charge on any atom is -0.307 e. The molecule has 0 fully saturated rings. The van der Waals surface area contributed by atoms with Crippen molar-refractivity contribution in [1.29, 1.82) is 0 Å². The summed E-state index contributed by atoms with van der Waals surface area (Å²) in [6.45, 7) is 1.92. The van der Waals surface area contributed by atoms with Gasteiger partial charge in [0.1, 0.15) is 10.1 Å². The molecule has 0 unspecified atom stereocenters. The van der Waals surface area contributed by atoms with Gasteiger partial charge in [0.05, 0.1) is 15.7 Å². The van der Waals surface area contributed by atoms with Crippen molar-refractivity contribution in [3.63, 3.8) is 0 Å². The van der Waals surface area contributed by atoms with Crippen LogP contribution in [0, 0.1) is 6.92 Å². The maximum atomic E-state index is 6.10. The van der Waals surface area contributed by atoms with Gasteiger partial charge in [0.25, 0.3) is 0 Å². The van der Waals surface area contributed by atoms with E-state index in [9.17, 15) is 0 Å². The molecule has 0 radical (unpaired) electrons. The molecule has 2 heterocycles. The standard InChI is InChI=1S/C10H11Cl2N5S/c1-5-3-8(17(2)16-5)18-10-7(12)4-6(11)9(14-10)15-13/h3-4H,13H2,1-2H3,(H,14,15). The largest absolute Gasteiger partial charge is 0.307 e. The number of nitrogen functional groups attached to an aromatic ring is 1. The number of hydrazine groups is 1. The van der Waals surface area contributed by atoms with Crippen molar-refractivity contribution in [3.05, 3.63) is 27.9 Å². The maximum Gasteiger partial charge on any atom is 0.160 e. The van der Waals surface area contributed by atoms with Crippen molar-refractivity contribution in [3.8, 4) is 0 Å². The number of nitrogens with zero attached hydrogens (tertiary/aromatic N) is 3. The Bertz CT molecular complexity index is 584. The SMILES string of the molecule is Cc1cc(Sc2nc(NN)c(Cl)cc2Cl)n(C)n1. The van der Waals surface area contributed by atoms with E-state index < -0.39 is 0 Å². The van der Waals surface area contributed by atoms with E-state index in [2.05, 4.69) is 15.5 Å². The van der Waals surface area contributed by atoms with Crippen molar-refractivity contribution in [2.45, 2.75) is 17.0 Å². The number of aromatic nitrogens is 3. The number of pyridine rings is 1. The number of halogens is 2. The van der Waals surface area contributed by atoms with Crippen LogP contribution in [-0.4, -0.2) is 14.8 Å². The molecule has 2 aromatic heterocycles. The Balaban J connectivity index is 2.37. The number of hydrogen-bond donors (Lipinski definition) is 2. The van der Waals surface area contributed by atoms with E-state index in [0.29, 0.717) is 20.9 Å². The van der Waals surface area contributed by atoms with Crippen LogP contribution in [0.25, 0.3) is 0 Å². The highest BCUT2D eigenvalue weighted by Crippen LogP contribution is 2.35. The molecule has 0 saturated carbocycles. The molecular formula is C10H11Cl2N5S. The topological polar surface area (TPSA) is 68.8 Å². The van der Waals surface area contributed by atoms with Gasteiger partial charge in [0.2, 0.25) is 0 Å². The first-order valence-corrected chi connectivity index (χ1v) is 6.59. The van der Waals surface area contributed by atoms with E-state index in [4.69, 9.17) is 29.0 Å². The Morgan fingerprint density at radius 1 is 1.33 bits per heavy atom. The summed E-state index contributed by atoms with van der Waals surface area (Å²) in [6.07, 6.45) is 0. The van der Waals surface area contributed by atoms with Gasteiger partial charge in [-0.1, -0.05) is 23.2 Å². The summed E-state index contributed by atoms with van der Waals surface area (Å²) < 4.78 is 1.77. The van der Waals surface area contributed by atoms with Gasteiger partial charge in [-0.25, -0.2) is 10.8 Å². The average molecular weight is 304 g/mol. The average Bonchev–Trinajstić information content (AvgIpc) is 2.61. The van der Waals surface area contributed by atoms with E-state index in [1.54, 1.807) is 10.7 Å². The fourth-order valence-corrected chi connectivity index (χ4v) is 2.83. The van der Waals surface area contributed by atoms with Crippen LogP contribution in [0.5, 0.6) is 0 Å². The number of anilines is 1. The first-order chi connectivity index (χ1) is 8.51. The van der Waals surface area contributed by atoms with Crippen LogP contribution in [-0.2, 0) is 7.05 Å². The van der Waals surface area contributed by atoms with Crippen LogP contribution in [0.15, 0.2) is 22.2 Å². The molecule has 0 aromatic carbocycles. The zero-order chi connectivity index (χ0) is 13.3. The molecule has 0 bridgehead atoms. The van der Waals surface area contributed by atoms with Crippen molar-refractivity contribution in [2.75, 3.05) is 5.43 Å². The minimum absolute atomic E-state index is 0.382. The summed E-state index contributed by atoms with van der Waals surface area (Å²) in [5, 5.41) is 6.67. The van der Waals surface area contributed by atoms with Crippen molar-refractivity contribution < 1.29 is 0 Å². The predicted molar refractivity (Wildman–Crippen MR) is 74.1 cm³/mol. The minimum atomic E-state index is 0.382. The third kappa shape index (κ3) is 2.72. The van der Waals surface area contributed by atoms with Gasteiger partial charge in [0.15, 0.2) is 5.82 Å². The monoisotopic (exact) mass is 303 g/mol. The molecule has 0 aliphatic carbocycles. The van der Waals surface area contributed by atoms with Crippen LogP contribution in [0.2, 0.25) is 10.0 Å². The lowest BCUT2D eigenvalue weighted by Gasteiger charge is -2.07. The Hall–Kier alpha value is -0.950. The molecule has 0 saturated heterocycles. The van der Waals surface area contributed by atoms with Crippen LogP contribution in [0.4, 0.5) is 5.82 Å². The Morgan fingerprint density at radius 3 is 2.61 bits per heavy atom. The highest BCUT2D eigenvalue weighted by Gasteiger charge is 2.12. The smallest absolute Gasteiger partial charge is 0.160 e. The molecule has 2 aromatic rings. The molecule has 18 heavy (non-hydrogen) atoms. The lowest BCUT2D eigenvalue weighted by Crippen LogP contribution is -2.09. The zero-order valence-electron chi connectivity index (χ0n) is 9.74. The van der Waals surface area contributed by atoms with E-state index in [0.717, 1.165) is 10.7 Å². The quantitative estimate of drug-likeness (QED) is 0.674. The van der Waals surface area contributed by atoms with Gasteiger partial charge < -0.3 is 5.43 Å². The molecule has 0 amide bonds. The molecule has 0 aliphatic heterocycles. The molecule has 8 heteroatoms. The Kier molecular flexibility index (Phi) is 4.01. The summed E-state index contributed by atoms with van der Waals surface area (Å²) in [5.74, 6) is 5.72. The predicted octanol–water partition coefficient (Wildman–Crippen LogP) is 2.87. The Morgan fingerprint density at radius 2 is 2.06 bits per heavy atom. The highest BCUT2D eigenvalue weighted by atomic mass is 35.5. The zero-order valence-corrected chi connectivity index (χ0v) is 12.1. The van der Waals surface area contributed by atoms with E-state index in [1.807, 2.05) is 20.0 Å². The molecular weight excluding hydrogens is 293 g/mol. The fourth-order valence-electron chi connectivity index (χ4n) is 1.40. The highest BCUT2D eigenvalue weighted by molar-refractivity contribution is 7.99. The van der Waals surface area contributed by atoms with Crippen LogP contribution < -0.4 is 11.3 Å². The summed E-state index contributed by atoms with van der Waals surface area (Å²) in [6, 6.07) is 3.56. The lowest BCUT2D eigenvalue weighted by molar-refractivity contribution is 0.692. The normalized spacial score (nSPS) is 10.7. The third-order valence-electron chi connectivity index (χ3n) is 2.19. The summed E-state index contributed by atoms with van der Waals surface area (Å²) >= 11 is 13.4. The van der Waals surface area contributed by atoms with E-state index >= 15 is 0 Å². The number of hydrogen-bond acceptors (Lipinski definition) is 5. The van der Waals surface area contributed by atoms with Gasteiger partial charge >= 0.3 is 0 Å². The van der Waals surface area contributed by atoms with Gasteiger partial charge in [0, 0.05) is 7.05 Å². The van der Waals surface area contributed by atoms with Crippen LogP contribution >= 0.6 is 35.0 Å². The molecule has 96 valence electrons. The van der Waals surface area contributed by atoms with E-state index in [-0.39, 0.29) is 0 Å². The molecule has 5 nitrogen and oxygen atoms in total. The molecule has 0 aliphatic rings. The van der Waals surface area contributed by atoms with Crippen LogP contribution in [0.1, 0.15) is 5.69 Å². The van der Waals surface area contributed by atoms with Crippen molar-refractivity contribution >= 4 is 40.8 Å². The number of nitrogens with one attached hydrogen (secondary N) is 1. The van der Waals surface area contributed by atoms with Crippen molar-refractivity contribution in [2.24, 2.45) is 12.9 Å². The molecule has 0 spiro atoms. The molecule has 2 rings (SSSR count). The van der Waals surface area contributed by atoms with Crippen molar-refractivity contribution in [1.82, 2.24) is 14.8 Å². The number of rotatable bonds is 3. The summed E-state index contributed by atoms with van der Waals surface area (Å²) in [7, 11) is 1.86. The van der Waals surface area contributed by atoms with Gasteiger partial charge in [-0.2, -0.15) is 5.10 Å². The first-order valence-electron chi connectivity index (χ1n) is 5.02. The Labute approximate surface area is 119 Å². The molecule has 3 N–H and O–H groups in total. The summed E-state index contributed by atoms with van der Waals surface area (Å²) in [5.41, 5.74) is 3.36. The number of nitrogens with two attached hydrogens (primary N) is 1. The second-order valence-electron chi connectivity index (χ2n) is 3.60. The maximum absolute atomic E-state index is 6.10. The first kappa shape index (κ1) is 13.5. The fraction of sp³-hybridized carbons (Fsp3) is 0.200.